The zero-order valence-corrected chi connectivity index (χ0v) is 18.8. The fourth-order valence-corrected chi connectivity index (χ4v) is 5.03. The molecule has 2 aliphatic rings. The monoisotopic (exact) mass is 433 g/mol. The summed E-state index contributed by atoms with van der Waals surface area (Å²) < 4.78 is 5.82. The molecule has 1 aromatic rings. The van der Waals surface area contributed by atoms with E-state index in [4.69, 9.17) is 4.74 Å². The second-order valence-electron chi connectivity index (χ2n) is 9.14. The van der Waals surface area contributed by atoms with Gasteiger partial charge in [-0.25, -0.2) is 4.79 Å². The first-order chi connectivity index (χ1) is 14.2. The van der Waals surface area contributed by atoms with Crippen molar-refractivity contribution in [2.24, 2.45) is 11.3 Å². The molecule has 2 heterocycles. The Morgan fingerprint density at radius 3 is 2.60 bits per heavy atom. The number of carboxylic acids is 1. The molecule has 0 spiro atoms. The molecular weight excluding hydrogens is 402 g/mol. The Balaban J connectivity index is 2.03. The van der Waals surface area contributed by atoms with Gasteiger partial charge in [0.15, 0.2) is 0 Å². The quantitative estimate of drug-likeness (QED) is 0.688. The van der Waals surface area contributed by atoms with Gasteiger partial charge in [-0.3, -0.25) is 4.79 Å². The van der Waals surface area contributed by atoms with Crippen LogP contribution >= 0.6 is 11.3 Å². The maximum Gasteiger partial charge on any atom is 0.348 e. The van der Waals surface area contributed by atoms with Crippen LogP contribution in [0.5, 0.6) is 0 Å². The molecule has 0 unspecified atom stereocenters. The number of carbonyl (C=O) groups is 2. The summed E-state index contributed by atoms with van der Waals surface area (Å²) in [6.07, 6.45) is 4.88. The number of nitrogens with zero attached hydrogens (tertiary/aromatic N) is 1. The van der Waals surface area contributed by atoms with Gasteiger partial charge in [0.05, 0.1) is 23.2 Å². The summed E-state index contributed by atoms with van der Waals surface area (Å²) in [7, 11) is 0. The van der Waals surface area contributed by atoms with Gasteiger partial charge in [-0.05, 0) is 45.6 Å². The predicted octanol–water partition coefficient (Wildman–Crippen LogP) is 3.91. The molecule has 2 N–H and O–H groups in total. The summed E-state index contributed by atoms with van der Waals surface area (Å²) in [6.45, 7) is 6.19. The molecule has 1 amide bonds. The SMILES string of the molecule is CC(C)(C)C#Cc1cc(N2C(=O)[C@@H](CCO)OC[C@H]2C2CCCCC2)c(C(=O)O)s1. The molecule has 1 saturated carbocycles. The molecule has 6 nitrogen and oxygen atoms in total. The number of morpholine rings is 1. The highest BCUT2D eigenvalue weighted by Gasteiger charge is 2.42. The van der Waals surface area contributed by atoms with Gasteiger partial charge in [0.2, 0.25) is 0 Å². The molecule has 1 aromatic heterocycles. The smallest absolute Gasteiger partial charge is 0.348 e. The summed E-state index contributed by atoms with van der Waals surface area (Å²) in [6, 6.07) is 1.55. The standard InChI is InChI=1S/C23H31NO5S/c1-23(2,3)11-9-16-13-17(20(30-16)22(27)28)24-18(15-7-5-4-6-8-15)14-29-19(10-12-25)21(24)26/h13,15,18-19,25H,4-8,10,12,14H2,1-3H3,(H,27,28)/t18-,19+/m0/s1. The van der Waals surface area contributed by atoms with E-state index in [0.29, 0.717) is 17.2 Å². The number of aliphatic hydroxyl groups excluding tert-OH is 1. The molecule has 1 aliphatic heterocycles. The zero-order valence-electron chi connectivity index (χ0n) is 17.9. The highest BCUT2D eigenvalue weighted by atomic mass is 32.1. The lowest BCUT2D eigenvalue weighted by atomic mass is 9.82. The van der Waals surface area contributed by atoms with Gasteiger partial charge in [0.25, 0.3) is 5.91 Å². The molecule has 0 radical (unpaired) electrons. The number of ether oxygens (including phenoxy) is 1. The van der Waals surface area contributed by atoms with Gasteiger partial charge in [0, 0.05) is 18.4 Å². The topological polar surface area (TPSA) is 87.1 Å². The van der Waals surface area contributed by atoms with Gasteiger partial charge < -0.3 is 19.8 Å². The third-order valence-corrected chi connectivity index (χ3v) is 6.65. The number of hydrogen-bond acceptors (Lipinski definition) is 5. The number of hydrogen-bond donors (Lipinski definition) is 2. The van der Waals surface area contributed by atoms with Crippen LogP contribution in [-0.2, 0) is 9.53 Å². The first-order valence-corrected chi connectivity index (χ1v) is 11.5. The minimum absolute atomic E-state index is 0.131. The third-order valence-electron chi connectivity index (χ3n) is 5.62. The van der Waals surface area contributed by atoms with E-state index < -0.39 is 12.1 Å². The Bertz CT molecular complexity index is 838. The lowest BCUT2D eigenvalue weighted by molar-refractivity contribution is -0.138. The van der Waals surface area contributed by atoms with Crippen molar-refractivity contribution >= 4 is 28.9 Å². The van der Waals surface area contributed by atoms with Crippen LogP contribution < -0.4 is 4.90 Å². The van der Waals surface area contributed by atoms with Gasteiger partial charge in [-0.2, -0.15) is 0 Å². The normalized spacial score (nSPS) is 23.2. The van der Waals surface area contributed by atoms with E-state index in [1.54, 1.807) is 11.0 Å². The van der Waals surface area contributed by atoms with E-state index >= 15 is 0 Å². The summed E-state index contributed by atoms with van der Waals surface area (Å²) in [4.78, 5) is 27.8. The van der Waals surface area contributed by atoms with Crippen molar-refractivity contribution in [3.05, 3.63) is 15.8 Å². The second-order valence-corrected chi connectivity index (χ2v) is 10.2. The van der Waals surface area contributed by atoms with Crippen LogP contribution in [-0.4, -0.2) is 47.4 Å². The lowest BCUT2D eigenvalue weighted by Gasteiger charge is -2.43. The first-order valence-electron chi connectivity index (χ1n) is 10.7. The van der Waals surface area contributed by atoms with E-state index in [9.17, 15) is 19.8 Å². The zero-order chi connectivity index (χ0) is 21.9. The van der Waals surface area contributed by atoms with Crippen LogP contribution in [0.3, 0.4) is 0 Å². The maximum atomic E-state index is 13.3. The Morgan fingerprint density at radius 2 is 2.00 bits per heavy atom. The minimum Gasteiger partial charge on any atom is -0.477 e. The molecular formula is C23H31NO5S. The average molecular weight is 434 g/mol. The van der Waals surface area contributed by atoms with E-state index in [-0.39, 0.29) is 41.2 Å². The Kier molecular flexibility index (Phi) is 7.22. The highest BCUT2D eigenvalue weighted by molar-refractivity contribution is 7.15. The van der Waals surface area contributed by atoms with E-state index in [0.717, 1.165) is 37.0 Å². The summed E-state index contributed by atoms with van der Waals surface area (Å²) in [5.41, 5.74) is 0.205. The number of rotatable bonds is 5. The highest BCUT2D eigenvalue weighted by Crippen LogP contribution is 2.39. The van der Waals surface area contributed by atoms with Crippen molar-refractivity contribution in [2.45, 2.75) is 71.4 Å². The largest absolute Gasteiger partial charge is 0.477 e. The van der Waals surface area contributed by atoms with Crippen molar-refractivity contribution in [3.8, 4) is 11.8 Å². The molecule has 1 saturated heterocycles. The number of aromatic carboxylic acids is 1. The van der Waals surface area contributed by atoms with Gasteiger partial charge in [-0.1, -0.05) is 31.1 Å². The van der Waals surface area contributed by atoms with E-state index in [1.165, 1.54) is 6.42 Å². The van der Waals surface area contributed by atoms with Gasteiger partial charge >= 0.3 is 5.97 Å². The molecule has 7 heteroatoms. The van der Waals surface area contributed by atoms with Crippen molar-refractivity contribution in [2.75, 3.05) is 18.1 Å². The van der Waals surface area contributed by atoms with Crippen LogP contribution in [0.1, 0.15) is 73.8 Å². The number of carboxylic acid groups (broad SMARTS) is 1. The fraction of sp³-hybridized carbons (Fsp3) is 0.652. The second kappa shape index (κ2) is 9.51. The molecule has 1 aliphatic carbocycles. The third kappa shape index (κ3) is 5.23. The number of carbonyl (C=O) groups excluding carboxylic acids is 1. The number of thiophene rings is 1. The first kappa shape index (κ1) is 22.8. The minimum atomic E-state index is -1.06. The summed E-state index contributed by atoms with van der Waals surface area (Å²) >= 11 is 1.11. The van der Waals surface area contributed by atoms with Crippen LogP contribution in [0, 0.1) is 23.2 Å². The fourth-order valence-electron chi connectivity index (χ4n) is 4.19. The number of amides is 1. The van der Waals surface area contributed by atoms with E-state index in [1.807, 2.05) is 20.8 Å². The summed E-state index contributed by atoms with van der Waals surface area (Å²) in [5, 5.41) is 19.2. The Labute approximate surface area is 182 Å². The molecule has 0 aromatic carbocycles. The van der Waals surface area contributed by atoms with Gasteiger partial charge in [0.1, 0.15) is 11.0 Å². The van der Waals surface area contributed by atoms with E-state index in [2.05, 4.69) is 11.8 Å². The van der Waals surface area contributed by atoms with Crippen molar-refractivity contribution in [1.82, 2.24) is 0 Å². The van der Waals surface area contributed by atoms with Gasteiger partial charge in [-0.15, -0.1) is 11.3 Å². The number of anilines is 1. The molecule has 0 bridgehead atoms. The van der Waals surface area contributed by atoms with Crippen LogP contribution in [0.25, 0.3) is 0 Å². The van der Waals surface area contributed by atoms with Crippen molar-refractivity contribution in [3.63, 3.8) is 0 Å². The average Bonchev–Trinajstić information content (AvgIpc) is 3.12. The molecule has 164 valence electrons. The van der Waals surface area contributed by atoms with Crippen LogP contribution in [0.4, 0.5) is 5.69 Å². The molecule has 2 atom stereocenters. The summed E-state index contributed by atoms with van der Waals surface area (Å²) in [5.74, 6) is 5.18. The maximum absolute atomic E-state index is 13.3. The lowest BCUT2D eigenvalue weighted by Crippen LogP contribution is -2.57. The predicted molar refractivity (Wildman–Crippen MR) is 117 cm³/mol. The van der Waals surface area contributed by atoms with Crippen LogP contribution in [0.15, 0.2) is 6.07 Å². The molecule has 30 heavy (non-hydrogen) atoms. The molecule has 3 rings (SSSR count). The molecule has 2 fully saturated rings. The Hall–Kier alpha value is -1.88. The Morgan fingerprint density at radius 1 is 1.30 bits per heavy atom. The number of aliphatic hydroxyl groups is 1. The van der Waals surface area contributed by atoms with Crippen molar-refractivity contribution < 1.29 is 24.5 Å². The van der Waals surface area contributed by atoms with Crippen LogP contribution in [0.2, 0.25) is 0 Å². The van der Waals surface area contributed by atoms with Crippen molar-refractivity contribution in [1.29, 1.82) is 0 Å².